The number of thiophene rings is 1. The highest BCUT2D eigenvalue weighted by molar-refractivity contribution is 7.12. The number of ether oxygens (including phenoxy) is 1. The van der Waals surface area contributed by atoms with Crippen LogP contribution < -0.4 is 5.32 Å². The third-order valence-corrected chi connectivity index (χ3v) is 4.95. The van der Waals surface area contributed by atoms with Gasteiger partial charge in [0.2, 0.25) is 0 Å². The van der Waals surface area contributed by atoms with Crippen LogP contribution >= 0.6 is 11.3 Å². The van der Waals surface area contributed by atoms with E-state index in [-0.39, 0.29) is 5.56 Å². The maximum absolute atomic E-state index is 12.3. The number of carbonyl (C=O) groups excluding carboxylic acids is 3. The van der Waals surface area contributed by atoms with Crippen LogP contribution in [0.5, 0.6) is 0 Å². The summed E-state index contributed by atoms with van der Waals surface area (Å²) in [4.78, 5) is 36.4. The smallest absolute Gasteiger partial charge is 0.338 e. The second kappa shape index (κ2) is 8.07. The second-order valence-electron chi connectivity index (χ2n) is 6.04. The van der Waals surface area contributed by atoms with Crippen LogP contribution in [0, 0.1) is 0 Å². The maximum Gasteiger partial charge on any atom is 0.338 e. The van der Waals surface area contributed by atoms with Crippen molar-refractivity contribution < 1.29 is 23.6 Å². The predicted molar refractivity (Wildman–Crippen MR) is 107 cm³/mol. The van der Waals surface area contributed by atoms with Crippen molar-refractivity contribution in [3.63, 3.8) is 0 Å². The zero-order valence-electron chi connectivity index (χ0n) is 15.0. The van der Waals surface area contributed by atoms with Crippen LogP contribution in [0.15, 0.2) is 70.6 Å². The summed E-state index contributed by atoms with van der Waals surface area (Å²) in [5.74, 6) is -1.38. The van der Waals surface area contributed by atoms with Gasteiger partial charge in [-0.25, -0.2) is 4.79 Å². The monoisotopic (exact) mass is 406 g/mol. The molecule has 4 aromatic rings. The third-order valence-electron chi connectivity index (χ3n) is 4.08. The number of nitrogens with zero attached hydrogens (tertiary/aromatic N) is 1. The van der Waals surface area contributed by atoms with Gasteiger partial charge < -0.3 is 9.26 Å². The Bertz CT molecular complexity index is 1180. The molecule has 1 N–H and O–H groups in total. The number of aromatic nitrogens is 1. The number of hydrogen-bond donors (Lipinski definition) is 1. The molecule has 0 saturated heterocycles. The average molecular weight is 406 g/mol. The lowest BCUT2D eigenvalue weighted by atomic mass is 10.1. The molecule has 0 aliphatic carbocycles. The Kier molecular flexibility index (Phi) is 5.17. The predicted octanol–water partition coefficient (Wildman–Crippen LogP) is 3.67. The highest BCUT2D eigenvalue weighted by atomic mass is 32.1. The van der Waals surface area contributed by atoms with Gasteiger partial charge in [-0.3, -0.25) is 14.9 Å². The first-order valence-corrected chi connectivity index (χ1v) is 9.49. The average Bonchev–Trinajstić information content (AvgIpc) is 3.42. The molecule has 0 spiro atoms. The van der Waals surface area contributed by atoms with E-state index in [4.69, 9.17) is 9.26 Å². The normalized spacial score (nSPS) is 10.6. The molecule has 144 valence electrons. The fraction of sp³-hybridized carbons (Fsp3) is 0.0476. The molecule has 2 amide bonds. The van der Waals surface area contributed by atoms with Gasteiger partial charge in [-0.1, -0.05) is 41.6 Å². The van der Waals surface area contributed by atoms with Crippen LogP contribution in [0.2, 0.25) is 0 Å². The Morgan fingerprint density at radius 1 is 1.03 bits per heavy atom. The molecule has 29 heavy (non-hydrogen) atoms. The molecule has 0 unspecified atom stereocenters. The molecule has 2 aromatic heterocycles. The lowest BCUT2D eigenvalue weighted by Gasteiger charge is -2.05. The Labute approximate surface area is 168 Å². The lowest BCUT2D eigenvalue weighted by molar-refractivity contribution is -0.123. The number of benzene rings is 2. The number of amides is 2. The number of nitrogens with one attached hydrogen (secondary N) is 1. The maximum atomic E-state index is 12.3. The van der Waals surface area contributed by atoms with Crippen LogP contribution in [-0.2, 0) is 9.53 Å². The molecular weight excluding hydrogens is 392 g/mol. The first-order chi connectivity index (χ1) is 14.1. The molecule has 0 radical (unpaired) electrons. The number of fused-ring (bicyclic) bond motifs is 1. The van der Waals surface area contributed by atoms with Gasteiger partial charge in [-0.15, -0.1) is 11.3 Å². The molecule has 2 aromatic carbocycles. The quantitative estimate of drug-likeness (QED) is 0.508. The zero-order valence-corrected chi connectivity index (χ0v) is 15.8. The lowest BCUT2D eigenvalue weighted by Crippen LogP contribution is -2.33. The van der Waals surface area contributed by atoms with Crippen molar-refractivity contribution >= 4 is 40.0 Å². The standard InChI is InChI=1S/C21H14N2O5S/c24-18(22-20(25)17-7-4-10-29-17)12-27-21(26)14-8-9-16-15(11-14)19(28-23-16)13-5-2-1-3-6-13/h1-11H,12H2,(H,22,24,25). The molecule has 4 rings (SSSR count). The summed E-state index contributed by atoms with van der Waals surface area (Å²) >= 11 is 1.21. The number of imide groups is 1. The number of rotatable bonds is 5. The van der Waals surface area contributed by atoms with Crippen molar-refractivity contribution in [1.82, 2.24) is 10.5 Å². The highest BCUT2D eigenvalue weighted by Crippen LogP contribution is 2.29. The van der Waals surface area contributed by atoms with E-state index in [0.29, 0.717) is 21.5 Å². The number of carbonyl (C=O) groups is 3. The fourth-order valence-electron chi connectivity index (χ4n) is 2.71. The second-order valence-corrected chi connectivity index (χ2v) is 6.99. The SMILES string of the molecule is O=C(COC(=O)c1ccc2noc(-c3ccccc3)c2c1)NC(=O)c1cccs1. The molecule has 0 aliphatic rings. The van der Waals surface area contributed by atoms with Crippen molar-refractivity contribution in [3.05, 3.63) is 76.5 Å². The van der Waals surface area contributed by atoms with E-state index in [1.165, 1.54) is 17.4 Å². The summed E-state index contributed by atoms with van der Waals surface area (Å²) in [7, 11) is 0. The van der Waals surface area contributed by atoms with Gasteiger partial charge in [0.25, 0.3) is 11.8 Å². The van der Waals surface area contributed by atoms with Gasteiger partial charge in [0.05, 0.1) is 15.8 Å². The van der Waals surface area contributed by atoms with Gasteiger partial charge in [0, 0.05) is 5.56 Å². The third kappa shape index (κ3) is 4.07. The Hall–Kier alpha value is -3.78. The Morgan fingerprint density at radius 2 is 1.86 bits per heavy atom. The molecular formula is C21H14N2O5S. The minimum absolute atomic E-state index is 0.246. The molecule has 0 bridgehead atoms. The van der Waals surface area contributed by atoms with Gasteiger partial charge in [-0.2, -0.15) is 0 Å². The fourth-order valence-corrected chi connectivity index (χ4v) is 3.33. The molecule has 2 heterocycles. The van der Waals surface area contributed by atoms with Crippen molar-refractivity contribution in [2.75, 3.05) is 6.61 Å². The molecule has 7 nitrogen and oxygen atoms in total. The topological polar surface area (TPSA) is 98.5 Å². The molecule has 8 heteroatoms. The summed E-state index contributed by atoms with van der Waals surface area (Å²) in [5.41, 5.74) is 1.67. The Balaban J connectivity index is 1.45. The number of esters is 1. The van der Waals surface area contributed by atoms with Gasteiger partial charge in [-0.05, 0) is 29.6 Å². The van der Waals surface area contributed by atoms with E-state index in [1.54, 1.807) is 29.6 Å². The molecule has 0 saturated carbocycles. The van der Waals surface area contributed by atoms with Crippen LogP contribution in [0.25, 0.3) is 22.2 Å². The van der Waals surface area contributed by atoms with Crippen molar-refractivity contribution in [2.24, 2.45) is 0 Å². The van der Waals surface area contributed by atoms with E-state index < -0.39 is 24.4 Å². The summed E-state index contributed by atoms with van der Waals surface area (Å²) < 4.78 is 10.4. The van der Waals surface area contributed by atoms with Crippen molar-refractivity contribution in [2.45, 2.75) is 0 Å². The largest absolute Gasteiger partial charge is 0.452 e. The van der Waals surface area contributed by atoms with E-state index >= 15 is 0 Å². The summed E-state index contributed by atoms with van der Waals surface area (Å²) in [5, 5.41) is 8.56. The summed E-state index contributed by atoms with van der Waals surface area (Å²) in [6.07, 6.45) is 0. The van der Waals surface area contributed by atoms with Gasteiger partial charge >= 0.3 is 5.97 Å². The minimum atomic E-state index is -0.701. The van der Waals surface area contributed by atoms with Crippen molar-refractivity contribution in [3.8, 4) is 11.3 Å². The van der Waals surface area contributed by atoms with E-state index in [1.807, 2.05) is 30.3 Å². The van der Waals surface area contributed by atoms with Crippen LogP contribution in [-0.4, -0.2) is 29.5 Å². The van der Waals surface area contributed by atoms with Gasteiger partial charge in [0.1, 0.15) is 5.52 Å². The Morgan fingerprint density at radius 3 is 2.62 bits per heavy atom. The first-order valence-electron chi connectivity index (χ1n) is 8.61. The molecule has 0 fully saturated rings. The van der Waals surface area contributed by atoms with Crippen molar-refractivity contribution in [1.29, 1.82) is 0 Å². The minimum Gasteiger partial charge on any atom is -0.452 e. The zero-order chi connectivity index (χ0) is 20.2. The molecule has 0 atom stereocenters. The molecule has 0 aliphatic heterocycles. The van der Waals surface area contributed by atoms with E-state index in [0.717, 1.165) is 5.56 Å². The highest BCUT2D eigenvalue weighted by Gasteiger charge is 2.17. The first kappa shape index (κ1) is 18.6. The summed E-state index contributed by atoms with van der Waals surface area (Å²) in [6.45, 7) is -0.566. The van der Waals surface area contributed by atoms with Gasteiger partial charge in [0.15, 0.2) is 12.4 Å². The number of hydrogen-bond acceptors (Lipinski definition) is 7. The van der Waals surface area contributed by atoms with Crippen LogP contribution in [0.4, 0.5) is 0 Å². The van der Waals surface area contributed by atoms with Crippen LogP contribution in [0.1, 0.15) is 20.0 Å². The van der Waals surface area contributed by atoms with E-state index in [9.17, 15) is 14.4 Å². The van der Waals surface area contributed by atoms with Crippen LogP contribution in [0.3, 0.4) is 0 Å². The van der Waals surface area contributed by atoms with E-state index in [2.05, 4.69) is 10.5 Å². The summed E-state index contributed by atoms with van der Waals surface area (Å²) in [6, 6.07) is 17.5.